The average Bonchev–Trinajstić information content (AvgIpc) is 2.97. The molecule has 0 bridgehead atoms. The van der Waals surface area contributed by atoms with Crippen LogP contribution in [0.1, 0.15) is 25.7 Å². The molecular formula is C22H24N2O. The Kier molecular flexibility index (Phi) is 4.55. The number of benzene rings is 2. The lowest BCUT2D eigenvalue weighted by atomic mass is 10.0. The van der Waals surface area contributed by atoms with E-state index in [-0.39, 0.29) is 0 Å². The molecule has 3 nitrogen and oxygen atoms in total. The Labute approximate surface area is 149 Å². The van der Waals surface area contributed by atoms with Crippen LogP contribution in [0.3, 0.4) is 0 Å². The summed E-state index contributed by atoms with van der Waals surface area (Å²) < 4.78 is 5.42. The van der Waals surface area contributed by atoms with Crippen LogP contribution in [0.25, 0.3) is 22.0 Å². The largest absolute Gasteiger partial charge is 0.497 e. The van der Waals surface area contributed by atoms with Gasteiger partial charge < -0.3 is 9.64 Å². The molecule has 1 aliphatic rings. The van der Waals surface area contributed by atoms with E-state index in [4.69, 9.17) is 9.72 Å². The zero-order valence-electron chi connectivity index (χ0n) is 14.7. The third kappa shape index (κ3) is 3.32. The van der Waals surface area contributed by atoms with Crippen molar-refractivity contribution >= 4 is 16.7 Å². The minimum Gasteiger partial charge on any atom is -0.497 e. The molecule has 3 heteroatoms. The van der Waals surface area contributed by atoms with Crippen LogP contribution in [-0.2, 0) is 0 Å². The molecule has 4 rings (SSSR count). The van der Waals surface area contributed by atoms with E-state index in [0.717, 1.165) is 30.2 Å². The summed E-state index contributed by atoms with van der Waals surface area (Å²) in [6.45, 7) is 2.19. The Morgan fingerprint density at radius 2 is 1.64 bits per heavy atom. The van der Waals surface area contributed by atoms with Crippen molar-refractivity contribution in [2.75, 3.05) is 25.1 Å². The summed E-state index contributed by atoms with van der Waals surface area (Å²) in [5.74, 6) is 1.94. The first-order chi connectivity index (χ1) is 12.3. The van der Waals surface area contributed by atoms with Gasteiger partial charge in [-0.25, -0.2) is 4.98 Å². The molecule has 0 N–H and O–H groups in total. The summed E-state index contributed by atoms with van der Waals surface area (Å²) in [5.41, 5.74) is 3.48. The number of hydrogen-bond acceptors (Lipinski definition) is 3. The number of nitrogens with zero attached hydrogens (tertiary/aromatic N) is 2. The Morgan fingerprint density at radius 1 is 0.880 bits per heavy atom. The van der Waals surface area contributed by atoms with Gasteiger partial charge in [0.1, 0.15) is 11.6 Å². The normalized spacial score (nSPS) is 15.2. The summed E-state index contributed by atoms with van der Waals surface area (Å²) in [4.78, 5) is 7.42. The highest BCUT2D eigenvalue weighted by atomic mass is 16.5. The Balaban J connectivity index is 1.88. The van der Waals surface area contributed by atoms with E-state index in [1.165, 1.54) is 42.2 Å². The van der Waals surface area contributed by atoms with Crippen molar-refractivity contribution in [2.24, 2.45) is 0 Å². The lowest BCUT2D eigenvalue weighted by Gasteiger charge is -2.23. The molecule has 3 aromatic rings. The smallest absolute Gasteiger partial charge is 0.129 e. The van der Waals surface area contributed by atoms with Crippen molar-refractivity contribution in [1.82, 2.24) is 4.98 Å². The van der Waals surface area contributed by atoms with Gasteiger partial charge in [-0.1, -0.05) is 43.2 Å². The first-order valence-corrected chi connectivity index (χ1v) is 9.14. The zero-order chi connectivity index (χ0) is 17.1. The van der Waals surface area contributed by atoms with Crippen LogP contribution in [0.15, 0.2) is 54.6 Å². The molecule has 0 atom stereocenters. The molecule has 128 valence electrons. The van der Waals surface area contributed by atoms with Crippen LogP contribution in [0, 0.1) is 0 Å². The minimum absolute atomic E-state index is 0.854. The summed E-state index contributed by atoms with van der Waals surface area (Å²) in [7, 11) is 1.71. The molecule has 0 saturated carbocycles. The Bertz CT molecular complexity index is 853. The van der Waals surface area contributed by atoms with Crippen molar-refractivity contribution in [3.8, 4) is 16.9 Å². The lowest BCUT2D eigenvalue weighted by Crippen LogP contribution is -2.24. The number of ether oxygens (including phenoxy) is 1. The number of pyridine rings is 1. The molecule has 25 heavy (non-hydrogen) atoms. The molecule has 0 unspecified atom stereocenters. The summed E-state index contributed by atoms with van der Waals surface area (Å²) in [5, 5.41) is 1.17. The molecule has 1 aliphatic heterocycles. The molecule has 0 amide bonds. The van der Waals surface area contributed by atoms with Crippen LogP contribution >= 0.6 is 0 Å². The Morgan fingerprint density at radius 3 is 2.36 bits per heavy atom. The molecule has 0 radical (unpaired) electrons. The van der Waals surface area contributed by atoms with Gasteiger partial charge in [0.25, 0.3) is 0 Å². The zero-order valence-corrected chi connectivity index (χ0v) is 14.7. The van der Waals surface area contributed by atoms with Crippen molar-refractivity contribution in [3.63, 3.8) is 0 Å². The average molecular weight is 332 g/mol. The molecule has 0 aliphatic carbocycles. The van der Waals surface area contributed by atoms with E-state index in [0.29, 0.717) is 0 Å². The highest BCUT2D eigenvalue weighted by Crippen LogP contribution is 2.33. The number of rotatable bonds is 3. The van der Waals surface area contributed by atoms with E-state index in [9.17, 15) is 0 Å². The predicted molar refractivity (Wildman–Crippen MR) is 104 cm³/mol. The van der Waals surface area contributed by atoms with E-state index < -0.39 is 0 Å². The van der Waals surface area contributed by atoms with Crippen molar-refractivity contribution < 1.29 is 4.74 Å². The van der Waals surface area contributed by atoms with Crippen molar-refractivity contribution in [3.05, 3.63) is 54.6 Å². The summed E-state index contributed by atoms with van der Waals surface area (Å²) in [6.07, 6.45) is 5.14. The molecule has 1 aromatic heterocycles. The van der Waals surface area contributed by atoms with E-state index in [1.807, 2.05) is 12.1 Å². The van der Waals surface area contributed by atoms with Gasteiger partial charge >= 0.3 is 0 Å². The second-order valence-electron chi connectivity index (χ2n) is 6.68. The SMILES string of the molecule is COc1ccc2c(-c3ccccc3)cc(N3CCCCCC3)nc2c1. The molecule has 2 heterocycles. The fourth-order valence-electron chi connectivity index (χ4n) is 3.64. The Hall–Kier alpha value is -2.55. The standard InChI is InChI=1S/C22H24N2O/c1-25-18-11-12-19-20(17-9-5-4-6-10-17)16-22(23-21(19)15-18)24-13-7-2-3-8-14-24/h4-6,9-12,15-16H,2-3,7-8,13-14H2,1H3. The van der Waals surface area contributed by atoms with E-state index >= 15 is 0 Å². The molecule has 2 aromatic carbocycles. The monoisotopic (exact) mass is 332 g/mol. The first-order valence-electron chi connectivity index (χ1n) is 9.14. The number of aromatic nitrogens is 1. The number of hydrogen-bond donors (Lipinski definition) is 0. The third-order valence-electron chi connectivity index (χ3n) is 5.02. The molecule has 1 fully saturated rings. The molecular weight excluding hydrogens is 308 g/mol. The van der Waals surface area contributed by atoms with Crippen LogP contribution in [0.5, 0.6) is 5.75 Å². The number of fused-ring (bicyclic) bond motifs is 1. The predicted octanol–water partition coefficient (Wildman–Crippen LogP) is 5.29. The quantitative estimate of drug-likeness (QED) is 0.651. The van der Waals surface area contributed by atoms with Crippen LogP contribution < -0.4 is 9.64 Å². The second-order valence-corrected chi connectivity index (χ2v) is 6.68. The third-order valence-corrected chi connectivity index (χ3v) is 5.02. The van der Waals surface area contributed by atoms with Gasteiger partial charge in [-0.2, -0.15) is 0 Å². The maximum absolute atomic E-state index is 5.42. The van der Waals surface area contributed by atoms with Crippen molar-refractivity contribution in [1.29, 1.82) is 0 Å². The lowest BCUT2D eigenvalue weighted by molar-refractivity contribution is 0.415. The van der Waals surface area contributed by atoms with Crippen LogP contribution in [0.2, 0.25) is 0 Å². The second kappa shape index (κ2) is 7.14. The number of methoxy groups -OCH3 is 1. The van der Waals surface area contributed by atoms with E-state index in [1.54, 1.807) is 7.11 Å². The maximum Gasteiger partial charge on any atom is 0.129 e. The number of anilines is 1. The first kappa shape index (κ1) is 15.9. The van der Waals surface area contributed by atoms with Gasteiger partial charge in [0.15, 0.2) is 0 Å². The summed E-state index contributed by atoms with van der Waals surface area (Å²) in [6, 6.07) is 19.0. The minimum atomic E-state index is 0.854. The summed E-state index contributed by atoms with van der Waals surface area (Å²) >= 11 is 0. The topological polar surface area (TPSA) is 25.4 Å². The molecule has 1 saturated heterocycles. The van der Waals surface area contributed by atoms with Crippen molar-refractivity contribution in [2.45, 2.75) is 25.7 Å². The van der Waals surface area contributed by atoms with E-state index in [2.05, 4.69) is 47.4 Å². The fourth-order valence-corrected chi connectivity index (χ4v) is 3.64. The van der Waals surface area contributed by atoms with Gasteiger partial charge in [-0.3, -0.25) is 0 Å². The van der Waals surface area contributed by atoms with Crippen LogP contribution in [0.4, 0.5) is 5.82 Å². The van der Waals surface area contributed by atoms with Gasteiger partial charge in [-0.15, -0.1) is 0 Å². The fraction of sp³-hybridized carbons (Fsp3) is 0.318. The maximum atomic E-state index is 5.42. The van der Waals surface area contributed by atoms with Gasteiger partial charge in [0.05, 0.1) is 12.6 Å². The van der Waals surface area contributed by atoms with Gasteiger partial charge in [0.2, 0.25) is 0 Å². The van der Waals surface area contributed by atoms with Gasteiger partial charge in [-0.05, 0) is 42.2 Å². The van der Waals surface area contributed by atoms with Gasteiger partial charge in [0, 0.05) is 24.5 Å². The highest BCUT2D eigenvalue weighted by molar-refractivity contribution is 5.96. The van der Waals surface area contributed by atoms with Crippen LogP contribution in [-0.4, -0.2) is 25.2 Å². The highest BCUT2D eigenvalue weighted by Gasteiger charge is 2.15. The molecule has 0 spiro atoms.